The van der Waals surface area contributed by atoms with Crippen LogP contribution in [-0.2, 0) is 11.3 Å². The average Bonchev–Trinajstić information content (AvgIpc) is 3.13. The highest BCUT2D eigenvalue weighted by Crippen LogP contribution is 2.27. The van der Waals surface area contributed by atoms with Gasteiger partial charge in [-0.3, -0.25) is 14.6 Å². The fraction of sp³-hybridized carbons (Fsp3) is 0.706. The Morgan fingerprint density at radius 2 is 2.13 bits per heavy atom. The molecule has 0 aliphatic carbocycles. The summed E-state index contributed by atoms with van der Waals surface area (Å²) in [4.78, 5) is 16.6. The smallest absolute Gasteiger partial charge is 0.237 e. The molecule has 23 heavy (non-hydrogen) atoms. The third-order valence-corrected chi connectivity index (χ3v) is 5.07. The van der Waals surface area contributed by atoms with E-state index in [1.807, 2.05) is 19.1 Å². The minimum Gasteiger partial charge on any atom is -0.465 e. The predicted octanol–water partition coefficient (Wildman–Crippen LogP) is 0.734. The van der Waals surface area contributed by atoms with E-state index in [1.165, 1.54) is 0 Å². The van der Waals surface area contributed by atoms with E-state index in [2.05, 4.69) is 15.1 Å². The number of aryl methyl sites for hydroxylation is 1. The molecule has 0 aromatic carbocycles. The topological polar surface area (TPSA) is 69.0 Å². The number of nitrogens with zero attached hydrogens (tertiary/aromatic N) is 2. The average molecular weight is 321 g/mol. The highest BCUT2D eigenvalue weighted by molar-refractivity contribution is 5.81. The zero-order valence-electron chi connectivity index (χ0n) is 14.0. The molecule has 0 unspecified atom stereocenters. The maximum absolute atomic E-state index is 12.0. The molecule has 2 aliphatic rings. The lowest BCUT2D eigenvalue weighted by Gasteiger charge is -2.38. The van der Waals surface area contributed by atoms with Crippen LogP contribution < -0.4 is 5.32 Å². The number of piperidine rings is 1. The van der Waals surface area contributed by atoms with Gasteiger partial charge in [0.1, 0.15) is 11.5 Å². The normalized spacial score (nSPS) is 27.4. The van der Waals surface area contributed by atoms with Crippen LogP contribution in [-0.4, -0.2) is 65.7 Å². The van der Waals surface area contributed by atoms with Crippen LogP contribution in [0.4, 0.5) is 0 Å². The molecule has 1 aromatic heterocycles. The van der Waals surface area contributed by atoms with Crippen molar-refractivity contribution in [1.82, 2.24) is 15.1 Å². The van der Waals surface area contributed by atoms with Crippen molar-refractivity contribution < 1.29 is 14.3 Å². The van der Waals surface area contributed by atoms with Crippen LogP contribution in [0.3, 0.4) is 0 Å². The zero-order chi connectivity index (χ0) is 16.4. The van der Waals surface area contributed by atoms with Crippen molar-refractivity contribution in [3.8, 4) is 0 Å². The summed E-state index contributed by atoms with van der Waals surface area (Å²) in [6, 6.07) is 4.24. The van der Waals surface area contributed by atoms with Gasteiger partial charge in [-0.2, -0.15) is 0 Å². The monoisotopic (exact) mass is 321 g/mol. The van der Waals surface area contributed by atoms with Gasteiger partial charge in [0.25, 0.3) is 0 Å². The first kappa shape index (κ1) is 16.5. The zero-order valence-corrected chi connectivity index (χ0v) is 14.0. The molecule has 3 rings (SSSR count). The number of hydrogen-bond donors (Lipinski definition) is 2. The van der Waals surface area contributed by atoms with Gasteiger partial charge in [-0.25, -0.2) is 0 Å². The summed E-state index contributed by atoms with van der Waals surface area (Å²) in [5, 5.41) is 12.7. The maximum Gasteiger partial charge on any atom is 0.237 e. The first-order valence-corrected chi connectivity index (χ1v) is 8.50. The lowest BCUT2D eigenvalue weighted by atomic mass is 10.0. The van der Waals surface area contributed by atoms with Gasteiger partial charge in [0.2, 0.25) is 5.91 Å². The highest BCUT2D eigenvalue weighted by atomic mass is 16.3. The molecule has 0 radical (unpaired) electrons. The Kier molecular flexibility index (Phi) is 5.04. The number of carbonyl (C=O) groups is 1. The second-order valence-corrected chi connectivity index (χ2v) is 6.74. The molecule has 1 aromatic rings. The molecule has 6 nitrogen and oxygen atoms in total. The number of hydrogen-bond acceptors (Lipinski definition) is 5. The number of likely N-dealkylation sites (N-methyl/N-ethyl adjacent to an activating group) is 1. The molecule has 1 amide bonds. The first-order chi connectivity index (χ1) is 11.1. The SMILES string of the molecule is CNC(=O)[C@@H]1C[C@@H](O)CN1C1CCN(Cc2ccc(C)o2)CC1. The van der Waals surface area contributed by atoms with Gasteiger partial charge in [-0.1, -0.05) is 0 Å². The molecule has 2 N–H and O–H groups in total. The summed E-state index contributed by atoms with van der Waals surface area (Å²) >= 11 is 0. The number of amides is 1. The van der Waals surface area contributed by atoms with Gasteiger partial charge < -0.3 is 14.8 Å². The van der Waals surface area contributed by atoms with E-state index < -0.39 is 0 Å². The standard InChI is InChI=1S/C17H27N3O3/c1-12-3-4-15(23-12)11-19-7-5-13(6-8-19)20-10-14(21)9-16(20)17(22)18-2/h3-4,13-14,16,21H,5-11H2,1-2H3,(H,18,22)/t14-,16+/m1/s1. The first-order valence-electron chi connectivity index (χ1n) is 8.50. The number of aliphatic hydroxyl groups is 1. The molecule has 2 aliphatic heterocycles. The minimum atomic E-state index is -0.388. The largest absolute Gasteiger partial charge is 0.465 e. The fourth-order valence-corrected chi connectivity index (χ4v) is 3.87. The van der Waals surface area contributed by atoms with Crippen LogP contribution in [0, 0.1) is 6.92 Å². The van der Waals surface area contributed by atoms with E-state index in [0.29, 0.717) is 19.0 Å². The maximum atomic E-state index is 12.0. The molecular formula is C17H27N3O3. The van der Waals surface area contributed by atoms with E-state index >= 15 is 0 Å². The van der Waals surface area contributed by atoms with Crippen molar-refractivity contribution in [2.24, 2.45) is 0 Å². The molecular weight excluding hydrogens is 294 g/mol. The number of aliphatic hydroxyl groups excluding tert-OH is 1. The van der Waals surface area contributed by atoms with Crippen molar-refractivity contribution >= 4 is 5.91 Å². The molecule has 2 fully saturated rings. The Morgan fingerprint density at radius 1 is 1.39 bits per heavy atom. The Bertz CT molecular complexity index is 537. The van der Waals surface area contributed by atoms with E-state index in [-0.39, 0.29) is 18.1 Å². The molecule has 2 saturated heterocycles. The van der Waals surface area contributed by atoms with Crippen LogP contribution in [0.25, 0.3) is 0 Å². The number of likely N-dealkylation sites (tertiary alicyclic amines) is 2. The second kappa shape index (κ2) is 7.03. The molecule has 0 bridgehead atoms. The molecule has 6 heteroatoms. The lowest BCUT2D eigenvalue weighted by Crippen LogP contribution is -2.50. The molecule has 0 spiro atoms. The predicted molar refractivity (Wildman–Crippen MR) is 86.9 cm³/mol. The van der Waals surface area contributed by atoms with Gasteiger partial charge in [0, 0.05) is 32.7 Å². The van der Waals surface area contributed by atoms with E-state index in [9.17, 15) is 9.90 Å². The van der Waals surface area contributed by atoms with E-state index in [1.54, 1.807) is 7.05 Å². The third kappa shape index (κ3) is 3.76. The van der Waals surface area contributed by atoms with Gasteiger partial charge in [-0.05, 0) is 38.3 Å². The summed E-state index contributed by atoms with van der Waals surface area (Å²) in [6.45, 7) is 5.42. The quantitative estimate of drug-likeness (QED) is 0.856. The van der Waals surface area contributed by atoms with Gasteiger partial charge in [-0.15, -0.1) is 0 Å². The molecule has 2 atom stereocenters. The van der Waals surface area contributed by atoms with Crippen LogP contribution in [0.15, 0.2) is 16.5 Å². The van der Waals surface area contributed by atoms with Crippen molar-refractivity contribution in [3.05, 3.63) is 23.7 Å². The summed E-state index contributed by atoms with van der Waals surface area (Å²) < 4.78 is 5.65. The Morgan fingerprint density at radius 3 is 2.74 bits per heavy atom. The number of β-amino-alcohol motifs (C(OH)–C–C–N with tert-alkyl or cyclic N) is 1. The highest BCUT2D eigenvalue weighted by Gasteiger charge is 2.40. The third-order valence-electron chi connectivity index (χ3n) is 5.07. The Balaban J connectivity index is 1.54. The van der Waals surface area contributed by atoms with E-state index in [0.717, 1.165) is 44.0 Å². The minimum absolute atomic E-state index is 0.0232. The number of carbonyl (C=O) groups excluding carboxylic acids is 1. The van der Waals surface area contributed by atoms with Crippen molar-refractivity contribution in [1.29, 1.82) is 0 Å². The van der Waals surface area contributed by atoms with Crippen molar-refractivity contribution in [2.75, 3.05) is 26.7 Å². The second-order valence-electron chi connectivity index (χ2n) is 6.74. The van der Waals surface area contributed by atoms with E-state index in [4.69, 9.17) is 4.42 Å². The Hall–Kier alpha value is -1.37. The lowest BCUT2D eigenvalue weighted by molar-refractivity contribution is -0.126. The van der Waals surface area contributed by atoms with Crippen molar-refractivity contribution in [2.45, 2.75) is 50.9 Å². The summed E-state index contributed by atoms with van der Waals surface area (Å²) in [5.41, 5.74) is 0. The summed E-state index contributed by atoms with van der Waals surface area (Å²) in [5.74, 6) is 1.99. The van der Waals surface area contributed by atoms with Crippen molar-refractivity contribution in [3.63, 3.8) is 0 Å². The van der Waals surface area contributed by atoms with Gasteiger partial charge in [0.05, 0.1) is 18.7 Å². The Labute approximate surface area is 137 Å². The number of furan rings is 1. The summed E-state index contributed by atoms with van der Waals surface area (Å²) in [6.07, 6.45) is 2.21. The summed E-state index contributed by atoms with van der Waals surface area (Å²) in [7, 11) is 1.67. The molecule has 128 valence electrons. The van der Waals surface area contributed by atoms with Crippen LogP contribution in [0.1, 0.15) is 30.8 Å². The number of nitrogens with one attached hydrogen (secondary N) is 1. The molecule has 0 saturated carbocycles. The van der Waals surface area contributed by atoms with Crippen LogP contribution in [0.2, 0.25) is 0 Å². The molecule has 3 heterocycles. The van der Waals surface area contributed by atoms with Gasteiger partial charge in [0.15, 0.2) is 0 Å². The van der Waals surface area contributed by atoms with Gasteiger partial charge >= 0.3 is 0 Å². The fourth-order valence-electron chi connectivity index (χ4n) is 3.87. The van der Waals surface area contributed by atoms with Crippen LogP contribution >= 0.6 is 0 Å². The van der Waals surface area contributed by atoms with Crippen LogP contribution in [0.5, 0.6) is 0 Å². The number of rotatable bonds is 4.